The lowest BCUT2D eigenvalue weighted by Crippen LogP contribution is -2.06. The minimum atomic E-state index is -0.201. The standard InChI is InChI=1S/C13H14N2O2/c1-9(17-2)10-4-3-5-11(6-10)12-7-14-8-13(16)15-12/h3-9H,1-2H3,(H,15,16)/t9-/m0/s1. The lowest BCUT2D eigenvalue weighted by atomic mass is 10.1. The Hall–Kier alpha value is -1.94. The zero-order valence-electron chi connectivity index (χ0n) is 9.81. The van der Waals surface area contributed by atoms with Gasteiger partial charge in [-0.05, 0) is 24.1 Å². The molecule has 0 unspecified atom stereocenters. The van der Waals surface area contributed by atoms with Gasteiger partial charge >= 0.3 is 0 Å². The van der Waals surface area contributed by atoms with Crippen molar-refractivity contribution in [1.82, 2.24) is 9.97 Å². The number of nitrogens with zero attached hydrogens (tertiary/aromatic N) is 1. The molecule has 88 valence electrons. The summed E-state index contributed by atoms with van der Waals surface area (Å²) in [5, 5.41) is 0. The highest BCUT2D eigenvalue weighted by Gasteiger charge is 2.05. The van der Waals surface area contributed by atoms with Crippen molar-refractivity contribution in [2.24, 2.45) is 0 Å². The third-order valence-electron chi connectivity index (χ3n) is 2.67. The summed E-state index contributed by atoms with van der Waals surface area (Å²) in [5.41, 5.74) is 2.50. The van der Waals surface area contributed by atoms with E-state index < -0.39 is 0 Å². The number of aromatic nitrogens is 2. The SMILES string of the molecule is CO[C@@H](C)c1cccc(-c2cncc(=O)[nH]2)c1. The molecule has 4 nitrogen and oxygen atoms in total. The molecule has 0 spiro atoms. The van der Waals surface area contributed by atoms with Crippen LogP contribution in [0.2, 0.25) is 0 Å². The average Bonchev–Trinajstić information content (AvgIpc) is 2.38. The second-order valence-corrected chi connectivity index (χ2v) is 3.81. The maximum absolute atomic E-state index is 11.2. The van der Waals surface area contributed by atoms with E-state index in [0.717, 1.165) is 11.1 Å². The molecule has 0 amide bonds. The second kappa shape index (κ2) is 4.93. The van der Waals surface area contributed by atoms with Crippen LogP contribution in [0.5, 0.6) is 0 Å². The first-order valence-corrected chi connectivity index (χ1v) is 5.38. The fraction of sp³-hybridized carbons (Fsp3) is 0.231. The molecule has 17 heavy (non-hydrogen) atoms. The summed E-state index contributed by atoms with van der Waals surface area (Å²) in [5.74, 6) is 0. The van der Waals surface area contributed by atoms with Crippen LogP contribution >= 0.6 is 0 Å². The summed E-state index contributed by atoms with van der Waals surface area (Å²) in [6.45, 7) is 1.98. The summed E-state index contributed by atoms with van der Waals surface area (Å²) < 4.78 is 5.26. The van der Waals surface area contributed by atoms with Crippen molar-refractivity contribution in [2.75, 3.05) is 7.11 Å². The lowest BCUT2D eigenvalue weighted by molar-refractivity contribution is 0.119. The summed E-state index contributed by atoms with van der Waals surface area (Å²) in [6.07, 6.45) is 2.92. The van der Waals surface area contributed by atoms with Crippen LogP contribution in [0.1, 0.15) is 18.6 Å². The van der Waals surface area contributed by atoms with Crippen LogP contribution in [0.15, 0.2) is 41.5 Å². The molecule has 1 aromatic heterocycles. The quantitative estimate of drug-likeness (QED) is 0.878. The largest absolute Gasteiger partial charge is 0.377 e. The number of H-pyrrole nitrogens is 1. The third kappa shape index (κ3) is 2.60. The Morgan fingerprint density at radius 2 is 2.18 bits per heavy atom. The van der Waals surface area contributed by atoms with Crippen LogP contribution in [-0.4, -0.2) is 17.1 Å². The van der Waals surface area contributed by atoms with Gasteiger partial charge in [0, 0.05) is 7.11 Å². The van der Waals surface area contributed by atoms with Crippen molar-refractivity contribution in [3.8, 4) is 11.3 Å². The predicted octanol–water partition coefficient (Wildman–Crippen LogP) is 2.14. The zero-order chi connectivity index (χ0) is 12.3. The molecule has 0 bridgehead atoms. The zero-order valence-corrected chi connectivity index (χ0v) is 9.81. The first kappa shape index (κ1) is 11.5. The van der Waals surface area contributed by atoms with Crippen LogP contribution < -0.4 is 5.56 Å². The number of ether oxygens (including phenoxy) is 1. The minimum Gasteiger partial charge on any atom is -0.377 e. The smallest absolute Gasteiger partial charge is 0.266 e. The predicted molar refractivity (Wildman–Crippen MR) is 65.7 cm³/mol. The van der Waals surface area contributed by atoms with Crippen LogP contribution in [0, 0.1) is 0 Å². The summed E-state index contributed by atoms with van der Waals surface area (Å²) in [4.78, 5) is 17.8. The molecular weight excluding hydrogens is 216 g/mol. The van der Waals surface area contributed by atoms with E-state index in [4.69, 9.17) is 4.74 Å². The first-order chi connectivity index (χ1) is 8.20. The topological polar surface area (TPSA) is 55.0 Å². The van der Waals surface area contributed by atoms with Gasteiger partial charge in [0.2, 0.25) is 0 Å². The molecule has 4 heteroatoms. The molecular formula is C13H14N2O2. The van der Waals surface area contributed by atoms with Crippen molar-refractivity contribution >= 4 is 0 Å². The van der Waals surface area contributed by atoms with Crippen molar-refractivity contribution in [3.63, 3.8) is 0 Å². The monoisotopic (exact) mass is 230 g/mol. The fourth-order valence-corrected chi connectivity index (χ4v) is 1.62. The van der Waals surface area contributed by atoms with Gasteiger partial charge in [-0.3, -0.25) is 9.78 Å². The molecule has 1 aromatic carbocycles. The van der Waals surface area contributed by atoms with Crippen molar-refractivity contribution in [1.29, 1.82) is 0 Å². The van der Waals surface area contributed by atoms with Crippen LogP contribution in [-0.2, 0) is 4.74 Å². The van der Waals surface area contributed by atoms with E-state index >= 15 is 0 Å². The molecule has 1 heterocycles. The van der Waals surface area contributed by atoms with E-state index in [9.17, 15) is 4.79 Å². The van der Waals surface area contributed by atoms with Crippen LogP contribution in [0.4, 0.5) is 0 Å². The van der Waals surface area contributed by atoms with Crippen molar-refractivity contribution in [2.45, 2.75) is 13.0 Å². The average molecular weight is 230 g/mol. The molecule has 2 rings (SSSR count). The summed E-state index contributed by atoms with van der Waals surface area (Å²) in [6, 6.07) is 7.84. The lowest BCUT2D eigenvalue weighted by Gasteiger charge is -2.11. The van der Waals surface area contributed by atoms with E-state index in [0.29, 0.717) is 5.69 Å². The summed E-state index contributed by atoms with van der Waals surface area (Å²) >= 11 is 0. The van der Waals surface area contributed by atoms with E-state index in [1.165, 1.54) is 6.20 Å². The van der Waals surface area contributed by atoms with Gasteiger partial charge in [0.05, 0.1) is 24.2 Å². The number of nitrogens with one attached hydrogen (secondary N) is 1. The molecule has 0 saturated carbocycles. The third-order valence-corrected chi connectivity index (χ3v) is 2.67. The molecule has 0 aliphatic rings. The second-order valence-electron chi connectivity index (χ2n) is 3.81. The van der Waals surface area contributed by atoms with Gasteiger partial charge in [0.15, 0.2) is 0 Å². The maximum Gasteiger partial charge on any atom is 0.266 e. The Balaban J connectivity index is 2.43. The Morgan fingerprint density at radius 3 is 2.88 bits per heavy atom. The molecule has 1 N–H and O–H groups in total. The van der Waals surface area contributed by atoms with Gasteiger partial charge in [-0.1, -0.05) is 18.2 Å². The number of aromatic amines is 1. The Bertz CT molecular complexity index is 563. The summed E-state index contributed by atoms with van der Waals surface area (Å²) in [7, 11) is 1.67. The molecule has 1 atom stereocenters. The molecule has 0 fully saturated rings. The molecule has 0 radical (unpaired) electrons. The first-order valence-electron chi connectivity index (χ1n) is 5.38. The van der Waals surface area contributed by atoms with Crippen LogP contribution in [0.3, 0.4) is 0 Å². The van der Waals surface area contributed by atoms with Crippen LogP contribution in [0.25, 0.3) is 11.3 Å². The fourth-order valence-electron chi connectivity index (χ4n) is 1.62. The molecule has 0 saturated heterocycles. The van der Waals surface area contributed by atoms with E-state index in [2.05, 4.69) is 9.97 Å². The highest BCUT2D eigenvalue weighted by atomic mass is 16.5. The van der Waals surface area contributed by atoms with Gasteiger partial charge in [0.25, 0.3) is 5.56 Å². The van der Waals surface area contributed by atoms with Gasteiger partial charge in [-0.25, -0.2) is 0 Å². The number of hydrogen-bond donors (Lipinski definition) is 1. The number of rotatable bonds is 3. The molecule has 0 aliphatic heterocycles. The van der Waals surface area contributed by atoms with Gasteiger partial charge < -0.3 is 9.72 Å². The highest BCUT2D eigenvalue weighted by molar-refractivity contribution is 5.58. The van der Waals surface area contributed by atoms with Gasteiger partial charge in [-0.15, -0.1) is 0 Å². The number of benzene rings is 1. The van der Waals surface area contributed by atoms with Gasteiger partial charge in [0.1, 0.15) is 0 Å². The molecule has 2 aromatic rings. The van der Waals surface area contributed by atoms with E-state index in [-0.39, 0.29) is 11.7 Å². The number of methoxy groups -OCH3 is 1. The number of hydrogen-bond acceptors (Lipinski definition) is 3. The Kier molecular flexibility index (Phi) is 3.35. The van der Waals surface area contributed by atoms with Crippen molar-refractivity contribution in [3.05, 3.63) is 52.6 Å². The molecule has 0 aliphatic carbocycles. The maximum atomic E-state index is 11.2. The Labute approximate surface area is 99.3 Å². The Morgan fingerprint density at radius 1 is 1.35 bits per heavy atom. The highest BCUT2D eigenvalue weighted by Crippen LogP contribution is 2.21. The van der Waals surface area contributed by atoms with E-state index in [1.54, 1.807) is 13.3 Å². The van der Waals surface area contributed by atoms with E-state index in [1.807, 2.05) is 31.2 Å². The minimum absolute atomic E-state index is 0.0262. The normalized spacial score (nSPS) is 12.4. The van der Waals surface area contributed by atoms with Gasteiger partial charge in [-0.2, -0.15) is 0 Å². The van der Waals surface area contributed by atoms with Crippen molar-refractivity contribution < 1.29 is 4.74 Å².